The molecule has 1 aliphatic heterocycles. The van der Waals surface area contributed by atoms with Gasteiger partial charge in [0.2, 0.25) is 0 Å². The second kappa shape index (κ2) is 6.21. The number of aromatic amines is 2. The topological polar surface area (TPSA) is 81.3 Å². The zero-order chi connectivity index (χ0) is 19.4. The van der Waals surface area contributed by atoms with Gasteiger partial charge in [-0.1, -0.05) is 0 Å². The Morgan fingerprint density at radius 1 is 1.32 bits per heavy atom. The summed E-state index contributed by atoms with van der Waals surface area (Å²) in [5.41, 5.74) is 3.71. The fraction of sp³-hybridized carbons (Fsp3) is 0.190. The molecule has 28 heavy (non-hydrogen) atoms. The number of hydrogen-bond acceptors (Lipinski definition) is 3. The number of hydrogen-bond donors (Lipinski definition) is 3. The van der Waals surface area contributed by atoms with Crippen LogP contribution in [-0.4, -0.2) is 40.5 Å². The molecule has 0 fully saturated rings. The minimum absolute atomic E-state index is 0.00369. The molecule has 1 atom stereocenters. The van der Waals surface area contributed by atoms with Gasteiger partial charge in [0, 0.05) is 46.9 Å². The van der Waals surface area contributed by atoms with Crippen molar-refractivity contribution in [3.8, 4) is 11.5 Å². The number of aromatic nitrogens is 2. The number of rotatable bonds is 3. The van der Waals surface area contributed by atoms with Gasteiger partial charge in [-0.15, -0.1) is 11.6 Å². The van der Waals surface area contributed by atoms with Crippen molar-refractivity contribution >= 4 is 45.0 Å². The third kappa shape index (κ3) is 2.38. The largest absolute Gasteiger partial charge is 0.506 e. The number of phenols is 1. The average Bonchev–Trinajstić information content (AvgIpc) is 3.42. The van der Waals surface area contributed by atoms with Crippen LogP contribution >= 0.6 is 11.6 Å². The lowest BCUT2D eigenvalue weighted by Gasteiger charge is -2.17. The fourth-order valence-electron chi connectivity index (χ4n) is 4.10. The summed E-state index contributed by atoms with van der Waals surface area (Å²) in [5.74, 6) is 1.10. The third-order valence-electron chi connectivity index (χ3n) is 5.43. The Bertz CT molecular complexity index is 1230. The average molecular weight is 396 g/mol. The molecule has 3 N–H and O–H groups in total. The van der Waals surface area contributed by atoms with E-state index < -0.39 is 0 Å². The molecule has 2 aromatic heterocycles. The van der Waals surface area contributed by atoms with Crippen LogP contribution in [0, 0.1) is 0 Å². The summed E-state index contributed by atoms with van der Waals surface area (Å²) in [7, 11) is 1.61. The summed E-state index contributed by atoms with van der Waals surface area (Å²) >= 11 is 6.22. The van der Waals surface area contributed by atoms with Gasteiger partial charge in [-0.2, -0.15) is 0 Å². The predicted octanol–water partition coefficient (Wildman–Crippen LogP) is 4.35. The van der Waals surface area contributed by atoms with Gasteiger partial charge >= 0.3 is 0 Å². The van der Waals surface area contributed by atoms with Crippen LogP contribution in [0.4, 0.5) is 5.69 Å². The number of nitrogens with zero attached hydrogens (tertiary/aromatic N) is 1. The number of ether oxygens (including phenoxy) is 1. The molecular formula is C21H18ClN3O3. The third-order valence-corrected chi connectivity index (χ3v) is 5.81. The van der Waals surface area contributed by atoms with E-state index in [1.54, 1.807) is 24.3 Å². The standard InChI is InChI=1S/C21H18ClN3O3/c1-28-13-2-3-15-11(6-13)7-16(24-15)21(27)25-10-12(9-22)19-14-4-5-23-20(14)18(26)8-17(19)25/h2-8,12,23-24,26H,9-10H2,1H3. The van der Waals surface area contributed by atoms with E-state index in [-0.39, 0.29) is 17.6 Å². The van der Waals surface area contributed by atoms with Gasteiger partial charge in [-0.3, -0.25) is 4.79 Å². The summed E-state index contributed by atoms with van der Waals surface area (Å²) in [6.45, 7) is 0.472. The van der Waals surface area contributed by atoms with E-state index in [1.807, 2.05) is 30.3 Å². The van der Waals surface area contributed by atoms with Crippen molar-refractivity contribution in [3.05, 3.63) is 53.9 Å². The molecule has 5 rings (SSSR count). The Morgan fingerprint density at radius 2 is 2.18 bits per heavy atom. The van der Waals surface area contributed by atoms with Crippen LogP contribution in [0.1, 0.15) is 22.0 Å². The molecule has 3 heterocycles. The van der Waals surface area contributed by atoms with Crippen LogP contribution in [0.2, 0.25) is 0 Å². The van der Waals surface area contributed by atoms with Crippen LogP contribution in [0.3, 0.4) is 0 Å². The van der Waals surface area contributed by atoms with Gasteiger partial charge in [0.15, 0.2) is 0 Å². The molecule has 0 saturated heterocycles. The number of benzene rings is 2. The van der Waals surface area contributed by atoms with Crippen molar-refractivity contribution in [2.24, 2.45) is 0 Å². The van der Waals surface area contributed by atoms with E-state index in [0.717, 1.165) is 27.6 Å². The quantitative estimate of drug-likeness (QED) is 0.451. The van der Waals surface area contributed by atoms with Crippen molar-refractivity contribution in [2.45, 2.75) is 5.92 Å². The van der Waals surface area contributed by atoms with E-state index in [0.29, 0.717) is 29.3 Å². The molecule has 7 heteroatoms. The Labute approximate surface area is 165 Å². The molecule has 1 unspecified atom stereocenters. The van der Waals surface area contributed by atoms with Crippen molar-refractivity contribution in [1.29, 1.82) is 0 Å². The summed E-state index contributed by atoms with van der Waals surface area (Å²) in [6.07, 6.45) is 1.78. The number of H-pyrrole nitrogens is 2. The maximum Gasteiger partial charge on any atom is 0.274 e. The van der Waals surface area contributed by atoms with Crippen LogP contribution in [0.25, 0.3) is 21.8 Å². The summed E-state index contributed by atoms with van der Waals surface area (Å²) < 4.78 is 5.26. The molecule has 1 aliphatic rings. The molecule has 0 saturated carbocycles. The highest BCUT2D eigenvalue weighted by Gasteiger charge is 2.35. The van der Waals surface area contributed by atoms with Crippen molar-refractivity contribution < 1.29 is 14.6 Å². The first kappa shape index (κ1) is 17.0. The summed E-state index contributed by atoms with van der Waals surface area (Å²) in [6, 6.07) is 11.0. The summed E-state index contributed by atoms with van der Waals surface area (Å²) in [5, 5.41) is 12.2. The molecule has 4 aromatic rings. The first-order valence-electron chi connectivity index (χ1n) is 8.98. The Morgan fingerprint density at radius 3 is 2.96 bits per heavy atom. The van der Waals surface area contributed by atoms with Gasteiger partial charge < -0.3 is 24.7 Å². The highest BCUT2D eigenvalue weighted by Crippen LogP contribution is 2.45. The number of aromatic hydroxyl groups is 1. The molecule has 2 aromatic carbocycles. The molecule has 0 bridgehead atoms. The van der Waals surface area contributed by atoms with E-state index in [1.165, 1.54) is 0 Å². The van der Waals surface area contributed by atoms with E-state index in [4.69, 9.17) is 16.3 Å². The second-order valence-electron chi connectivity index (χ2n) is 7.00. The zero-order valence-electron chi connectivity index (χ0n) is 15.1. The lowest BCUT2D eigenvalue weighted by molar-refractivity contribution is 0.0984. The lowest BCUT2D eigenvalue weighted by atomic mass is 9.99. The minimum Gasteiger partial charge on any atom is -0.506 e. The Kier molecular flexibility index (Phi) is 3.77. The van der Waals surface area contributed by atoms with Gasteiger partial charge in [-0.05, 0) is 35.9 Å². The molecule has 0 radical (unpaired) electrons. The molecule has 1 amide bonds. The number of carbonyl (C=O) groups excluding carboxylic acids is 1. The maximum absolute atomic E-state index is 13.3. The molecule has 0 aliphatic carbocycles. The molecular weight excluding hydrogens is 378 g/mol. The number of fused-ring (bicyclic) bond motifs is 4. The van der Waals surface area contributed by atoms with E-state index >= 15 is 0 Å². The van der Waals surface area contributed by atoms with Crippen LogP contribution < -0.4 is 9.64 Å². The normalized spacial score (nSPS) is 16.1. The van der Waals surface area contributed by atoms with Crippen molar-refractivity contribution in [1.82, 2.24) is 9.97 Å². The number of anilines is 1. The molecule has 0 spiro atoms. The molecule has 142 valence electrons. The summed E-state index contributed by atoms with van der Waals surface area (Å²) in [4.78, 5) is 21.2. The Balaban J connectivity index is 1.61. The highest BCUT2D eigenvalue weighted by atomic mass is 35.5. The number of amides is 1. The SMILES string of the molecule is COc1ccc2[nH]c(C(=O)N3CC(CCl)c4c3cc(O)c3[nH]ccc43)cc2c1. The first-order chi connectivity index (χ1) is 13.6. The van der Waals surface area contributed by atoms with Gasteiger partial charge in [0.25, 0.3) is 5.91 Å². The molecule has 6 nitrogen and oxygen atoms in total. The first-order valence-corrected chi connectivity index (χ1v) is 9.51. The maximum atomic E-state index is 13.3. The lowest BCUT2D eigenvalue weighted by Crippen LogP contribution is -2.30. The highest BCUT2D eigenvalue weighted by molar-refractivity contribution is 6.19. The van der Waals surface area contributed by atoms with Crippen molar-refractivity contribution in [2.75, 3.05) is 24.4 Å². The zero-order valence-corrected chi connectivity index (χ0v) is 15.9. The second-order valence-corrected chi connectivity index (χ2v) is 7.31. The number of methoxy groups -OCH3 is 1. The van der Waals surface area contributed by atoms with Gasteiger partial charge in [-0.25, -0.2) is 0 Å². The number of carbonyl (C=O) groups is 1. The van der Waals surface area contributed by atoms with Gasteiger partial charge in [0.1, 0.15) is 17.2 Å². The van der Waals surface area contributed by atoms with E-state index in [2.05, 4.69) is 9.97 Å². The number of nitrogens with one attached hydrogen (secondary N) is 2. The number of alkyl halides is 1. The minimum atomic E-state index is -0.154. The van der Waals surface area contributed by atoms with Gasteiger partial charge in [0.05, 0.1) is 18.3 Å². The Hall–Kier alpha value is -3.12. The van der Waals surface area contributed by atoms with Crippen molar-refractivity contribution in [3.63, 3.8) is 0 Å². The monoisotopic (exact) mass is 395 g/mol. The number of phenolic OH excluding ortho intramolecular Hbond substituents is 1. The predicted molar refractivity (Wildman–Crippen MR) is 110 cm³/mol. The number of halogens is 1. The van der Waals surface area contributed by atoms with E-state index in [9.17, 15) is 9.90 Å². The smallest absolute Gasteiger partial charge is 0.274 e. The van der Waals surface area contributed by atoms with Crippen LogP contribution in [-0.2, 0) is 0 Å². The van der Waals surface area contributed by atoms with Crippen LogP contribution in [0.5, 0.6) is 11.5 Å². The fourth-order valence-corrected chi connectivity index (χ4v) is 4.35. The van der Waals surface area contributed by atoms with Crippen LogP contribution in [0.15, 0.2) is 42.6 Å².